The van der Waals surface area contributed by atoms with E-state index in [0.717, 1.165) is 16.7 Å². The van der Waals surface area contributed by atoms with Crippen molar-refractivity contribution in [3.63, 3.8) is 0 Å². The van der Waals surface area contributed by atoms with Crippen molar-refractivity contribution in [3.05, 3.63) is 54.1 Å². The van der Waals surface area contributed by atoms with E-state index in [1.165, 1.54) is 6.92 Å². The van der Waals surface area contributed by atoms with Crippen LogP contribution < -0.4 is 0 Å². The molecule has 0 bridgehead atoms. The van der Waals surface area contributed by atoms with Gasteiger partial charge in [0.05, 0.1) is 0 Å². The highest BCUT2D eigenvalue weighted by Gasteiger charge is 2.00. The molecule has 0 saturated carbocycles. The maximum absolute atomic E-state index is 10.7. The van der Waals surface area contributed by atoms with Gasteiger partial charge in [0.2, 0.25) is 0 Å². The molecule has 1 N–H and O–H groups in total. The zero-order chi connectivity index (χ0) is 13.0. The minimum absolute atomic E-state index is 0.255. The Kier molecular flexibility index (Phi) is 3.63. The van der Waals surface area contributed by atoms with Gasteiger partial charge in [0, 0.05) is 6.92 Å². The monoisotopic (exact) mass is 242 g/mol. The van der Waals surface area contributed by atoms with Crippen molar-refractivity contribution in [2.75, 3.05) is 0 Å². The lowest BCUT2D eigenvalue weighted by atomic mass is 10.0. The molecule has 0 unspecified atom stereocenters. The minimum Gasteiger partial charge on any atom is -0.508 e. The summed E-state index contributed by atoms with van der Waals surface area (Å²) < 4.78 is 4.92. The van der Waals surface area contributed by atoms with Crippen LogP contribution in [0.25, 0.3) is 11.1 Å². The number of esters is 1. The Morgan fingerprint density at radius 1 is 1.00 bits per heavy atom. The fourth-order valence-corrected chi connectivity index (χ4v) is 1.63. The van der Waals surface area contributed by atoms with Crippen molar-refractivity contribution >= 4 is 5.97 Å². The average Bonchev–Trinajstić information content (AvgIpc) is 2.38. The first-order valence-electron chi connectivity index (χ1n) is 5.67. The highest BCUT2D eigenvalue weighted by atomic mass is 16.5. The van der Waals surface area contributed by atoms with Crippen LogP contribution in [0, 0.1) is 0 Å². The van der Waals surface area contributed by atoms with Gasteiger partial charge >= 0.3 is 5.97 Å². The number of aromatic hydroxyl groups is 1. The molecule has 92 valence electrons. The highest BCUT2D eigenvalue weighted by molar-refractivity contribution is 5.66. The number of phenolic OH excluding ortho intramolecular Hbond substituents is 1. The van der Waals surface area contributed by atoms with Gasteiger partial charge in [0.15, 0.2) is 0 Å². The van der Waals surface area contributed by atoms with Crippen LogP contribution >= 0.6 is 0 Å². The summed E-state index contributed by atoms with van der Waals surface area (Å²) >= 11 is 0. The summed E-state index contributed by atoms with van der Waals surface area (Å²) in [7, 11) is 0. The molecule has 0 aliphatic rings. The molecule has 0 aliphatic carbocycles. The van der Waals surface area contributed by atoms with Crippen LogP contribution in [-0.4, -0.2) is 11.1 Å². The largest absolute Gasteiger partial charge is 0.508 e. The molecule has 0 fully saturated rings. The summed E-state index contributed by atoms with van der Waals surface area (Å²) in [5.41, 5.74) is 3.04. The SMILES string of the molecule is CC(=O)OCc1ccc(-c2ccc(O)cc2)cc1. The number of carbonyl (C=O) groups is 1. The van der Waals surface area contributed by atoms with Crippen molar-refractivity contribution in [3.8, 4) is 16.9 Å². The third-order valence-electron chi connectivity index (χ3n) is 2.60. The van der Waals surface area contributed by atoms with E-state index in [0.29, 0.717) is 6.61 Å². The normalized spacial score (nSPS) is 10.1. The fourth-order valence-electron chi connectivity index (χ4n) is 1.63. The first kappa shape index (κ1) is 12.2. The zero-order valence-corrected chi connectivity index (χ0v) is 10.1. The molecule has 0 saturated heterocycles. The Bertz CT molecular complexity index is 527. The van der Waals surface area contributed by atoms with Gasteiger partial charge in [-0.2, -0.15) is 0 Å². The molecular formula is C15H14O3. The van der Waals surface area contributed by atoms with Gasteiger partial charge < -0.3 is 9.84 Å². The van der Waals surface area contributed by atoms with E-state index >= 15 is 0 Å². The van der Waals surface area contributed by atoms with Gasteiger partial charge in [0.25, 0.3) is 0 Å². The van der Waals surface area contributed by atoms with E-state index in [2.05, 4.69) is 0 Å². The third kappa shape index (κ3) is 3.10. The third-order valence-corrected chi connectivity index (χ3v) is 2.60. The molecule has 0 radical (unpaired) electrons. The van der Waals surface area contributed by atoms with E-state index < -0.39 is 0 Å². The Hall–Kier alpha value is -2.29. The first-order valence-corrected chi connectivity index (χ1v) is 5.67. The van der Waals surface area contributed by atoms with Gasteiger partial charge in [-0.1, -0.05) is 36.4 Å². The molecule has 0 spiro atoms. The van der Waals surface area contributed by atoms with E-state index in [1.807, 2.05) is 36.4 Å². The van der Waals surface area contributed by atoms with E-state index in [9.17, 15) is 9.90 Å². The number of rotatable bonds is 3. The Balaban J connectivity index is 2.12. The zero-order valence-electron chi connectivity index (χ0n) is 10.1. The number of benzene rings is 2. The van der Waals surface area contributed by atoms with Crippen LogP contribution in [-0.2, 0) is 16.1 Å². The molecule has 18 heavy (non-hydrogen) atoms. The maximum atomic E-state index is 10.7. The van der Waals surface area contributed by atoms with Gasteiger partial charge in [-0.15, -0.1) is 0 Å². The second kappa shape index (κ2) is 5.36. The maximum Gasteiger partial charge on any atom is 0.302 e. The number of hydrogen-bond donors (Lipinski definition) is 1. The van der Waals surface area contributed by atoms with Crippen LogP contribution in [0.15, 0.2) is 48.5 Å². The van der Waals surface area contributed by atoms with E-state index in [4.69, 9.17) is 4.74 Å². The van der Waals surface area contributed by atoms with Crippen molar-refractivity contribution in [2.45, 2.75) is 13.5 Å². The van der Waals surface area contributed by atoms with Crippen molar-refractivity contribution in [1.82, 2.24) is 0 Å². The number of ether oxygens (including phenoxy) is 1. The molecular weight excluding hydrogens is 228 g/mol. The standard InChI is InChI=1S/C15H14O3/c1-11(16)18-10-12-2-4-13(5-3-12)14-6-8-15(17)9-7-14/h2-9,17H,10H2,1H3. The van der Waals surface area contributed by atoms with Crippen LogP contribution in [0.2, 0.25) is 0 Å². The summed E-state index contributed by atoms with van der Waals surface area (Å²) in [6.45, 7) is 1.69. The highest BCUT2D eigenvalue weighted by Crippen LogP contribution is 2.22. The van der Waals surface area contributed by atoms with Crippen LogP contribution in [0.4, 0.5) is 0 Å². The predicted molar refractivity (Wildman–Crippen MR) is 69.0 cm³/mol. The number of carbonyl (C=O) groups excluding carboxylic acids is 1. The molecule has 0 atom stereocenters. The lowest BCUT2D eigenvalue weighted by Crippen LogP contribution is -1.98. The summed E-state index contributed by atoms with van der Waals surface area (Å²) in [5.74, 6) is -0.0251. The van der Waals surface area contributed by atoms with E-state index in [-0.39, 0.29) is 11.7 Å². The van der Waals surface area contributed by atoms with Crippen LogP contribution in [0.1, 0.15) is 12.5 Å². The first-order chi connectivity index (χ1) is 8.65. The summed E-state index contributed by atoms with van der Waals surface area (Å²) in [4.78, 5) is 10.7. The predicted octanol–water partition coefficient (Wildman–Crippen LogP) is 3.12. The molecule has 0 aliphatic heterocycles. The quantitative estimate of drug-likeness (QED) is 0.841. The Morgan fingerprint density at radius 3 is 2.00 bits per heavy atom. The van der Waals surface area contributed by atoms with Crippen molar-refractivity contribution < 1.29 is 14.6 Å². The second-order valence-electron chi connectivity index (χ2n) is 4.02. The number of hydrogen-bond acceptors (Lipinski definition) is 3. The average molecular weight is 242 g/mol. The van der Waals surface area contributed by atoms with E-state index in [1.54, 1.807) is 12.1 Å². The lowest BCUT2D eigenvalue weighted by molar-refractivity contribution is -0.142. The number of phenols is 1. The molecule has 2 rings (SSSR count). The summed E-state index contributed by atoms with van der Waals surface area (Å²) in [6.07, 6.45) is 0. The smallest absolute Gasteiger partial charge is 0.302 e. The summed E-state index contributed by atoms with van der Waals surface area (Å²) in [5, 5.41) is 9.22. The van der Waals surface area contributed by atoms with Gasteiger partial charge in [-0.3, -0.25) is 4.79 Å². The minimum atomic E-state index is -0.280. The van der Waals surface area contributed by atoms with Crippen LogP contribution in [0.3, 0.4) is 0 Å². The Morgan fingerprint density at radius 2 is 1.50 bits per heavy atom. The van der Waals surface area contributed by atoms with Gasteiger partial charge in [0.1, 0.15) is 12.4 Å². The molecule has 0 heterocycles. The Labute approximate surface area is 106 Å². The van der Waals surface area contributed by atoms with Crippen LogP contribution in [0.5, 0.6) is 5.75 Å². The molecule has 3 heteroatoms. The fraction of sp³-hybridized carbons (Fsp3) is 0.133. The molecule has 2 aromatic carbocycles. The molecule has 2 aromatic rings. The van der Waals surface area contributed by atoms with Gasteiger partial charge in [-0.05, 0) is 28.8 Å². The molecule has 0 aromatic heterocycles. The lowest BCUT2D eigenvalue weighted by Gasteiger charge is -2.05. The van der Waals surface area contributed by atoms with Crippen molar-refractivity contribution in [2.24, 2.45) is 0 Å². The van der Waals surface area contributed by atoms with Crippen molar-refractivity contribution in [1.29, 1.82) is 0 Å². The molecule has 0 amide bonds. The van der Waals surface area contributed by atoms with Gasteiger partial charge in [-0.25, -0.2) is 0 Å². The topological polar surface area (TPSA) is 46.5 Å². The summed E-state index contributed by atoms with van der Waals surface area (Å²) in [6, 6.07) is 14.8. The second-order valence-corrected chi connectivity index (χ2v) is 4.02. The molecule has 3 nitrogen and oxygen atoms in total.